The third kappa shape index (κ3) is 4.51. The van der Waals surface area contributed by atoms with Gasteiger partial charge in [0, 0.05) is 13.0 Å². The summed E-state index contributed by atoms with van der Waals surface area (Å²) in [5.74, 6) is 0. The molecule has 0 saturated heterocycles. The van der Waals surface area contributed by atoms with Crippen LogP contribution >= 0.6 is 15.9 Å². The van der Waals surface area contributed by atoms with Crippen molar-refractivity contribution < 1.29 is 4.21 Å². The van der Waals surface area contributed by atoms with Crippen molar-refractivity contribution in [1.29, 1.82) is 0 Å². The molecule has 0 spiro atoms. The van der Waals surface area contributed by atoms with Crippen LogP contribution in [0.2, 0.25) is 25.7 Å². The van der Waals surface area contributed by atoms with Gasteiger partial charge in [0.25, 0.3) is 0 Å². The third-order valence-electron chi connectivity index (χ3n) is 2.26. The zero-order valence-electron chi connectivity index (χ0n) is 10.3. The number of rotatable bonds is 4. The number of aryl methyl sites for hydroxylation is 1. The van der Waals surface area contributed by atoms with Gasteiger partial charge >= 0.3 is 0 Å². The van der Waals surface area contributed by atoms with Crippen LogP contribution in [0.4, 0.5) is 0 Å². The molecule has 0 saturated carbocycles. The summed E-state index contributed by atoms with van der Waals surface area (Å²) in [5.41, 5.74) is 1.21. The molecule has 1 aromatic rings. The van der Waals surface area contributed by atoms with Crippen LogP contribution in [-0.2, 0) is 10.8 Å². The molecule has 0 N–H and O–H groups in total. The fourth-order valence-electron chi connectivity index (χ4n) is 1.38. The first-order valence-corrected chi connectivity index (χ1v) is 11.2. The molecule has 0 bridgehead atoms. The van der Waals surface area contributed by atoms with Gasteiger partial charge in [0.15, 0.2) is 0 Å². The van der Waals surface area contributed by atoms with Crippen LogP contribution < -0.4 is 0 Å². The molecule has 1 aromatic carbocycles. The molecule has 1 unspecified atom stereocenters. The largest absolute Gasteiger partial charge is 0.253 e. The lowest BCUT2D eigenvalue weighted by molar-refractivity contribution is 0.682. The van der Waals surface area contributed by atoms with E-state index in [1.807, 2.05) is 31.2 Å². The van der Waals surface area contributed by atoms with Crippen LogP contribution in [0.5, 0.6) is 0 Å². The molecule has 1 nitrogen and oxygen atoms in total. The maximum Gasteiger partial charge on any atom is 0.0922 e. The van der Waals surface area contributed by atoms with Crippen LogP contribution in [0.3, 0.4) is 0 Å². The first-order chi connectivity index (χ1) is 7.29. The van der Waals surface area contributed by atoms with Crippen LogP contribution in [0, 0.1) is 6.92 Å². The molecule has 2 atom stereocenters. The number of alkyl halides is 1. The van der Waals surface area contributed by atoms with E-state index in [4.69, 9.17) is 0 Å². The highest BCUT2D eigenvalue weighted by Gasteiger charge is 2.23. The maximum absolute atomic E-state index is 12.2. The van der Waals surface area contributed by atoms with Gasteiger partial charge in [-0.05, 0) is 25.1 Å². The Balaban J connectivity index is 2.74. The predicted octanol–water partition coefficient (Wildman–Crippen LogP) is 4.16. The molecule has 0 fully saturated rings. The van der Waals surface area contributed by atoms with Crippen molar-refractivity contribution >= 4 is 34.8 Å². The number of hydrogen-bond donors (Lipinski definition) is 0. The van der Waals surface area contributed by atoms with Gasteiger partial charge in [-0.1, -0.05) is 53.3 Å². The Kier molecular flexibility index (Phi) is 4.95. The highest BCUT2D eigenvalue weighted by atomic mass is 79.9. The fraction of sp³-hybridized carbons (Fsp3) is 0.500. The predicted molar refractivity (Wildman–Crippen MR) is 78.5 cm³/mol. The van der Waals surface area contributed by atoms with E-state index in [1.165, 1.54) is 5.56 Å². The molecule has 16 heavy (non-hydrogen) atoms. The molecule has 0 heterocycles. The van der Waals surface area contributed by atoms with Crippen LogP contribution in [-0.4, -0.2) is 16.4 Å². The Morgan fingerprint density at radius 3 is 2.19 bits per heavy atom. The molecule has 0 amide bonds. The summed E-state index contributed by atoms with van der Waals surface area (Å²) < 4.78 is 12.3. The summed E-state index contributed by atoms with van der Waals surface area (Å²) in [6, 6.07) is 8.99. The Morgan fingerprint density at radius 1 is 1.25 bits per heavy atom. The van der Waals surface area contributed by atoms with E-state index in [0.717, 1.165) is 10.9 Å². The highest BCUT2D eigenvalue weighted by Crippen LogP contribution is 2.24. The maximum atomic E-state index is 12.2. The van der Waals surface area contributed by atoms with Crippen LogP contribution in [0.1, 0.15) is 5.56 Å². The van der Waals surface area contributed by atoms with Gasteiger partial charge in [-0.15, -0.1) is 0 Å². The van der Waals surface area contributed by atoms with E-state index >= 15 is 0 Å². The molecule has 0 aliphatic carbocycles. The van der Waals surface area contributed by atoms with Gasteiger partial charge in [-0.25, -0.2) is 0 Å². The van der Waals surface area contributed by atoms with Gasteiger partial charge in [0.1, 0.15) is 0 Å². The first kappa shape index (κ1) is 14.1. The van der Waals surface area contributed by atoms with Crippen molar-refractivity contribution in [2.45, 2.75) is 41.7 Å². The molecule has 90 valence electrons. The van der Waals surface area contributed by atoms with Gasteiger partial charge in [0.2, 0.25) is 0 Å². The Bertz CT molecular complexity index is 370. The highest BCUT2D eigenvalue weighted by molar-refractivity contribution is 9.11. The third-order valence-corrected chi connectivity index (χ3v) is 7.50. The summed E-state index contributed by atoms with van der Waals surface area (Å²) in [4.78, 5) is 0.922. The molecule has 0 aliphatic rings. The second kappa shape index (κ2) is 5.60. The van der Waals surface area contributed by atoms with Crippen molar-refractivity contribution in [2.75, 3.05) is 0 Å². The topological polar surface area (TPSA) is 17.1 Å². The lowest BCUT2D eigenvalue weighted by atomic mass is 10.2. The zero-order valence-corrected chi connectivity index (χ0v) is 13.7. The summed E-state index contributed by atoms with van der Waals surface area (Å²) in [6.45, 7) is 8.94. The SMILES string of the molecule is Cc1ccc([S@](=O)C(Br)C[Si](C)(C)C)cc1. The monoisotopic (exact) mass is 318 g/mol. The zero-order chi connectivity index (χ0) is 12.3. The fourth-order valence-corrected chi connectivity index (χ4v) is 8.71. The molecule has 0 aliphatic heterocycles. The van der Waals surface area contributed by atoms with Gasteiger partial charge in [0.05, 0.1) is 15.0 Å². The van der Waals surface area contributed by atoms with Crippen LogP contribution in [0.25, 0.3) is 0 Å². The summed E-state index contributed by atoms with van der Waals surface area (Å²) >= 11 is 3.57. The van der Waals surface area contributed by atoms with Crippen molar-refractivity contribution in [3.05, 3.63) is 29.8 Å². The van der Waals surface area contributed by atoms with E-state index in [0.29, 0.717) is 0 Å². The van der Waals surface area contributed by atoms with Crippen molar-refractivity contribution in [2.24, 2.45) is 0 Å². The van der Waals surface area contributed by atoms with E-state index in [9.17, 15) is 4.21 Å². The minimum Gasteiger partial charge on any atom is -0.253 e. The van der Waals surface area contributed by atoms with E-state index in [1.54, 1.807) is 0 Å². The van der Waals surface area contributed by atoms with Gasteiger partial charge in [-0.2, -0.15) is 0 Å². The molecular weight excluding hydrogens is 300 g/mol. The Labute approximate surface area is 110 Å². The number of benzene rings is 1. The molecule has 0 aromatic heterocycles. The lowest BCUT2D eigenvalue weighted by Crippen LogP contribution is -2.26. The van der Waals surface area contributed by atoms with E-state index in [2.05, 4.69) is 35.6 Å². The second-order valence-electron chi connectivity index (χ2n) is 5.29. The van der Waals surface area contributed by atoms with E-state index in [-0.39, 0.29) is 4.16 Å². The van der Waals surface area contributed by atoms with Crippen molar-refractivity contribution in [3.8, 4) is 0 Å². The minimum absolute atomic E-state index is 0.0851. The molecule has 4 heteroatoms. The second-order valence-corrected chi connectivity index (χ2v) is 14.2. The van der Waals surface area contributed by atoms with E-state index < -0.39 is 18.9 Å². The average Bonchev–Trinajstić information content (AvgIpc) is 2.15. The van der Waals surface area contributed by atoms with Crippen LogP contribution in [0.15, 0.2) is 29.2 Å². The van der Waals surface area contributed by atoms with Crippen molar-refractivity contribution in [1.82, 2.24) is 0 Å². The first-order valence-electron chi connectivity index (χ1n) is 5.41. The molecular formula is C12H19BrOSSi. The summed E-state index contributed by atoms with van der Waals surface area (Å²) in [5, 5.41) is 0. The van der Waals surface area contributed by atoms with Gasteiger partial charge in [-0.3, -0.25) is 4.21 Å². The smallest absolute Gasteiger partial charge is 0.0922 e. The lowest BCUT2D eigenvalue weighted by Gasteiger charge is -2.19. The quantitative estimate of drug-likeness (QED) is 0.601. The average molecular weight is 319 g/mol. The standard InChI is InChI=1S/C12H19BrOSSi/c1-10-5-7-11(8-6-10)15(14)12(13)9-16(2,3)4/h5-8,12H,9H2,1-4H3/t12?,15-/m0/s1. The summed E-state index contributed by atoms with van der Waals surface area (Å²) in [6.07, 6.45) is 0. The normalized spacial score (nSPS) is 15.8. The summed E-state index contributed by atoms with van der Waals surface area (Å²) in [7, 11) is -2.10. The van der Waals surface area contributed by atoms with Gasteiger partial charge < -0.3 is 0 Å². The number of hydrogen-bond acceptors (Lipinski definition) is 1. The number of halogens is 1. The molecule has 0 radical (unpaired) electrons. The minimum atomic E-state index is -1.17. The molecule has 1 rings (SSSR count). The Morgan fingerprint density at radius 2 is 1.75 bits per heavy atom. The Hall–Kier alpha value is 0.0669. The van der Waals surface area contributed by atoms with Crippen molar-refractivity contribution in [3.63, 3.8) is 0 Å².